The van der Waals surface area contributed by atoms with Crippen LogP contribution in [0.25, 0.3) is 0 Å². The number of piperidine rings is 1. The standard InChI is InChI=1S/C19H28N4O3/c1-2-16(14-6-4-3-5-7-14)19(26)23-10-8-15(9-11-23)22-18(25)13-21-17(24)12-20/h3-7,15-16H,2,8-13,20H2,1H3,(H,21,24)(H,22,25). The van der Waals surface area contributed by atoms with Crippen LogP contribution in [-0.2, 0) is 14.4 Å². The molecule has 3 amide bonds. The second kappa shape index (κ2) is 9.91. The third kappa shape index (κ3) is 5.56. The maximum absolute atomic E-state index is 12.8. The molecule has 7 nitrogen and oxygen atoms in total. The van der Waals surface area contributed by atoms with E-state index in [1.165, 1.54) is 0 Å². The highest BCUT2D eigenvalue weighted by Gasteiger charge is 2.28. The Balaban J connectivity index is 1.81. The number of nitrogens with one attached hydrogen (secondary N) is 2. The summed E-state index contributed by atoms with van der Waals surface area (Å²) in [7, 11) is 0. The van der Waals surface area contributed by atoms with Gasteiger partial charge in [0.2, 0.25) is 17.7 Å². The van der Waals surface area contributed by atoms with Crippen molar-refractivity contribution in [2.75, 3.05) is 26.2 Å². The molecule has 1 aromatic carbocycles. The number of carbonyl (C=O) groups is 3. The van der Waals surface area contributed by atoms with E-state index in [0.717, 1.165) is 12.0 Å². The van der Waals surface area contributed by atoms with Crippen LogP contribution in [0.3, 0.4) is 0 Å². The predicted octanol–water partition coefficient (Wildman–Crippen LogP) is 0.362. The fraction of sp³-hybridized carbons (Fsp3) is 0.526. The lowest BCUT2D eigenvalue weighted by Crippen LogP contribution is -2.49. The Hall–Kier alpha value is -2.41. The molecule has 1 aromatic rings. The van der Waals surface area contributed by atoms with Crippen molar-refractivity contribution in [1.82, 2.24) is 15.5 Å². The molecule has 4 N–H and O–H groups in total. The van der Waals surface area contributed by atoms with E-state index in [-0.39, 0.29) is 42.8 Å². The molecule has 142 valence electrons. The molecule has 1 unspecified atom stereocenters. The molecule has 1 aliphatic heterocycles. The average molecular weight is 360 g/mol. The van der Waals surface area contributed by atoms with Crippen molar-refractivity contribution in [3.63, 3.8) is 0 Å². The minimum Gasteiger partial charge on any atom is -0.352 e. The molecule has 0 aromatic heterocycles. The number of carbonyl (C=O) groups excluding carboxylic acids is 3. The summed E-state index contributed by atoms with van der Waals surface area (Å²) in [6.45, 7) is 3.08. The normalized spacial score (nSPS) is 16.0. The van der Waals surface area contributed by atoms with E-state index >= 15 is 0 Å². The van der Waals surface area contributed by atoms with E-state index in [1.54, 1.807) is 0 Å². The van der Waals surface area contributed by atoms with Crippen molar-refractivity contribution >= 4 is 17.7 Å². The van der Waals surface area contributed by atoms with Crippen LogP contribution >= 0.6 is 0 Å². The lowest BCUT2D eigenvalue weighted by atomic mass is 9.93. The van der Waals surface area contributed by atoms with Gasteiger partial charge in [0.1, 0.15) is 0 Å². The van der Waals surface area contributed by atoms with Crippen LogP contribution in [0.2, 0.25) is 0 Å². The second-order valence-electron chi connectivity index (χ2n) is 6.52. The van der Waals surface area contributed by atoms with Crippen molar-refractivity contribution in [3.05, 3.63) is 35.9 Å². The van der Waals surface area contributed by atoms with Crippen LogP contribution in [0, 0.1) is 0 Å². The van der Waals surface area contributed by atoms with Crippen molar-refractivity contribution in [3.8, 4) is 0 Å². The van der Waals surface area contributed by atoms with Crippen LogP contribution in [-0.4, -0.2) is 54.8 Å². The van der Waals surface area contributed by atoms with Crippen LogP contribution in [0.5, 0.6) is 0 Å². The minimum absolute atomic E-state index is 0.0260. The number of benzene rings is 1. The third-order valence-electron chi connectivity index (χ3n) is 4.71. The molecule has 26 heavy (non-hydrogen) atoms. The molecular formula is C19H28N4O3. The fourth-order valence-electron chi connectivity index (χ4n) is 3.23. The molecule has 1 aliphatic rings. The number of nitrogens with zero attached hydrogens (tertiary/aromatic N) is 1. The minimum atomic E-state index is -0.355. The van der Waals surface area contributed by atoms with Gasteiger partial charge in [0.05, 0.1) is 19.0 Å². The lowest BCUT2D eigenvalue weighted by molar-refractivity contribution is -0.134. The zero-order valence-corrected chi connectivity index (χ0v) is 15.2. The van der Waals surface area contributed by atoms with E-state index in [2.05, 4.69) is 10.6 Å². The Bertz CT molecular complexity index is 612. The molecular weight excluding hydrogens is 332 g/mol. The monoisotopic (exact) mass is 360 g/mol. The predicted molar refractivity (Wildman–Crippen MR) is 99.3 cm³/mol. The maximum atomic E-state index is 12.8. The van der Waals surface area contributed by atoms with Gasteiger partial charge in [-0.15, -0.1) is 0 Å². The first kappa shape index (κ1) is 19.9. The molecule has 7 heteroatoms. The fourth-order valence-corrected chi connectivity index (χ4v) is 3.23. The number of hydrogen-bond acceptors (Lipinski definition) is 4. The Morgan fingerprint density at radius 1 is 1.15 bits per heavy atom. The van der Waals surface area contributed by atoms with Gasteiger partial charge in [-0.2, -0.15) is 0 Å². The molecule has 0 saturated carbocycles. The first-order valence-corrected chi connectivity index (χ1v) is 9.15. The molecule has 0 bridgehead atoms. The van der Waals surface area contributed by atoms with E-state index in [4.69, 9.17) is 5.73 Å². The molecule has 0 spiro atoms. The zero-order chi connectivity index (χ0) is 18.9. The van der Waals surface area contributed by atoms with E-state index in [1.807, 2.05) is 42.2 Å². The molecule has 0 radical (unpaired) electrons. The number of likely N-dealkylation sites (tertiary alicyclic amines) is 1. The average Bonchev–Trinajstić information content (AvgIpc) is 2.68. The van der Waals surface area contributed by atoms with E-state index in [0.29, 0.717) is 25.9 Å². The summed E-state index contributed by atoms with van der Waals surface area (Å²) in [6.07, 6.45) is 2.20. The van der Waals surface area contributed by atoms with Gasteiger partial charge in [0.15, 0.2) is 0 Å². The van der Waals surface area contributed by atoms with Crippen molar-refractivity contribution in [2.45, 2.75) is 38.1 Å². The van der Waals surface area contributed by atoms with Gasteiger partial charge < -0.3 is 21.3 Å². The Kier molecular flexibility index (Phi) is 7.59. The molecule has 1 fully saturated rings. The van der Waals surface area contributed by atoms with Gasteiger partial charge in [-0.1, -0.05) is 37.3 Å². The third-order valence-corrected chi connectivity index (χ3v) is 4.71. The summed E-state index contributed by atoms with van der Waals surface area (Å²) in [5.41, 5.74) is 6.23. The van der Waals surface area contributed by atoms with Crippen LogP contribution in [0.1, 0.15) is 37.7 Å². The van der Waals surface area contributed by atoms with Crippen molar-refractivity contribution < 1.29 is 14.4 Å². The van der Waals surface area contributed by atoms with Gasteiger partial charge >= 0.3 is 0 Å². The molecule has 1 atom stereocenters. The maximum Gasteiger partial charge on any atom is 0.239 e. The molecule has 1 heterocycles. The molecule has 2 rings (SSSR count). The molecule has 0 aliphatic carbocycles. The second-order valence-corrected chi connectivity index (χ2v) is 6.52. The Morgan fingerprint density at radius 2 is 1.81 bits per heavy atom. The number of rotatable bonds is 7. The highest BCUT2D eigenvalue weighted by Crippen LogP contribution is 2.24. The Morgan fingerprint density at radius 3 is 2.38 bits per heavy atom. The van der Waals surface area contributed by atoms with E-state index in [9.17, 15) is 14.4 Å². The Labute approximate surface area is 154 Å². The smallest absolute Gasteiger partial charge is 0.239 e. The summed E-state index contributed by atoms with van der Waals surface area (Å²) < 4.78 is 0. The van der Waals surface area contributed by atoms with Crippen LogP contribution in [0.15, 0.2) is 30.3 Å². The zero-order valence-electron chi connectivity index (χ0n) is 15.2. The van der Waals surface area contributed by atoms with Gasteiger partial charge in [-0.3, -0.25) is 14.4 Å². The number of amides is 3. The number of hydrogen-bond donors (Lipinski definition) is 3. The number of nitrogens with two attached hydrogens (primary N) is 1. The summed E-state index contributed by atoms with van der Waals surface area (Å²) >= 11 is 0. The largest absolute Gasteiger partial charge is 0.352 e. The summed E-state index contributed by atoms with van der Waals surface area (Å²) in [4.78, 5) is 37.7. The highest BCUT2D eigenvalue weighted by atomic mass is 16.2. The van der Waals surface area contributed by atoms with Gasteiger partial charge in [0, 0.05) is 19.1 Å². The van der Waals surface area contributed by atoms with E-state index < -0.39 is 0 Å². The first-order valence-electron chi connectivity index (χ1n) is 9.15. The highest BCUT2D eigenvalue weighted by molar-refractivity contribution is 5.86. The topological polar surface area (TPSA) is 105 Å². The SMILES string of the molecule is CCC(C(=O)N1CCC(NC(=O)CNC(=O)CN)CC1)c1ccccc1. The summed E-state index contributed by atoms with van der Waals surface area (Å²) in [5, 5.41) is 5.35. The van der Waals surface area contributed by atoms with Gasteiger partial charge in [-0.05, 0) is 24.8 Å². The lowest BCUT2D eigenvalue weighted by Gasteiger charge is -2.34. The van der Waals surface area contributed by atoms with Crippen LogP contribution < -0.4 is 16.4 Å². The molecule has 1 saturated heterocycles. The van der Waals surface area contributed by atoms with Crippen molar-refractivity contribution in [1.29, 1.82) is 0 Å². The quantitative estimate of drug-likeness (QED) is 0.653. The summed E-state index contributed by atoms with van der Waals surface area (Å²) in [5.74, 6) is -0.549. The van der Waals surface area contributed by atoms with Gasteiger partial charge in [0.25, 0.3) is 0 Å². The van der Waals surface area contributed by atoms with Crippen LogP contribution in [0.4, 0.5) is 0 Å². The van der Waals surface area contributed by atoms with Gasteiger partial charge in [-0.25, -0.2) is 0 Å². The first-order chi connectivity index (χ1) is 12.5. The van der Waals surface area contributed by atoms with Crippen molar-refractivity contribution in [2.24, 2.45) is 5.73 Å². The summed E-state index contributed by atoms with van der Waals surface area (Å²) in [6, 6.07) is 9.87.